The van der Waals surface area contributed by atoms with Crippen LogP contribution in [0.3, 0.4) is 0 Å². The summed E-state index contributed by atoms with van der Waals surface area (Å²) in [4.78, 5) is 40.5. The summed E-state index contributed by atoms with van der Waals surface area (Å²) in [7, 11) is 0. The number of ether oxygens (including phenoxy) is 2. The Balaban J connectivity index is 2.07. The molecule has 3 aliphatic rings. The molecule has 2 unspecified atom stereocenters. The van der Waals surface area contributed by atoms with Crippen LogP contribution >= 0.6 is 0 Å². The highest BCUT2D eigenvalue weighted by Crippen LogP contribution is 2.39. The monoisotopic (exact) mass is 271 g/mol. The van der Waals surface area contributed by atoms with Crippen molar-refractivity contribution in [2.24, 2.45) is 0 Å². The summed E-state index contributed by atoms with van der Waals surface area (Å²) < 4.78 is 10.3. The highest BCUT2D eigenvalue weighted by atomic mass is 16.8. The van der Waals surface area contributed by atoms with Gasteiger partial charge in [-0.3, -0.25) is 9.59 Å². The minimum absolute atomic E-state index is 0.202. The number of esters is 2. The minimum atomic E-state index is -2.21. The molecule has 0 aromatic heterocycles. The van der Waals surface area contributed by atoms with Crippen LogP contribution in [0, 0.1) is 0 Å². The number of carbonyl (C=O) groups excluding carboxylic acids is 3. The van der Waals surface area contributed by atoms with E-state index in [2.05, 4.69) is 0 Å². The molecular formula is C11H13NO7. The van der Waals surface area contributed by atoms with Gasteiger partial charge in [-0.15, -0.1) is 0 Å². The molecule has 0 amide bonds. The predicted octanol–water partition coefficient (Wildman–Crippen LogP) is -0.791. The first kappa shape index (κ1) is 12.4. The Labute approximate surface area is 108 Å². The second-order valence-corrected chi connectivity index (χ2v) is 4.98. The van der Waals surface area contributed by atoms with E-state index in [1.807, 2.05) is 0 Å². The molecule has 0 aliphatic carbocycles. The zero-order valence-corrected chi connectivity index (χ0v) is 10.1. The Kier molecular flexibility index (Phi) is 2.55. The standard InChI is InChI=1S/C11H13NO7/c13-7-5-10(16)6-8(14)19-12-4-2-1-3-11(12,17-7)18-9(10)15/h16H,1-6H2. The Hall–Kier alpha value is -1.67. The summed E-state index contributed by atoms with van der Waals surface area (Å²) in [6, 6.07) is 0. The van der Waals surface area contributed by atoms with E-state index in [4.69, 9.17) is 14.3 Å². The molecule has 8 nitrogen and oxygen atoms in total. The van der Waals surface area contributed by atoms with Gasteiger partial charge in [0.05, 0.1) is 12.8 Å². The predicted molar refractivity (Wildman–Crippen MR) is 55.7 cm³/mol. The molecule has 3 heterocycles. The molecule has 0 aromatic carbocycles. The van der Waals surface area contributed by atoms with E-state index in [1.165, 1.54) is 0 Å². The number of rotatable bonds is 0. The van der Waals surface area contributed by atoms with Crippen LogP contribution in [0.15, 0.2) is 0 Å². The maximum absolute atomic E-state index is 12.0. The molecule has 0 aromatic rings. The number of aliphatic hydroxyl groups is 1. The van der Waals surface area contributed by atoms with Gasteiger partial charge in [-0.05, 0) is 12.8 Å². The van der Waals surface area contributed by atoms with Crippen molar-refractivity contribution < 1.29 is 33.8 Å². The fraction of sp³-hybridized carbons (Fsp3) is 0.727. The zero-order chi connectivity index (χ0) is 13.7. The summed E-state index contributed by atoms with van der Waals surface area (Å²) in [5, 5.41) is 11.2. The molecule has 8 heteroatoms. The minimum Gasteiger partial charge on any atom is -0.406 e. The first-order valence-corrected chi connectivity index (χ1v) is 6.10. The molecule has 2 bridgehead atoms. The Bertz CT molecular complexity index is 460. The number of hydroxylamine groups is 2. The maximum atomic E-state index is 12.0. The molecule has 3 aliphatic heterocycles. The molecule has 104 valence electrons. The second kappa shape index (κ2) is 3.91. The Morgan fingerprint density at radius 3 is 2.58 bits per heavy atom. The van der Waals surface area contributed by atoms with Gasteiger partial charge >= 0.3 is 23.8 Å². The second-order valence-electron chi connectivity index (χ2n) is 4.98. The average molecular weight is 271 g/mol. The third-order valence-electron chi connectivity index (χ3n) is 3.47. The normalized spacial score (nSPS) is 39.3. The van der Waals surface area contributed by atoms with Crippen LogP contribution in [-0.4, -0.2) is 46.1 Å². The van der Waals surface area contributed by atoms with E-state index >= 15 is 0 Å². The molecular weight excluding hydrogens is 258 g/mol. The van der Waals surface area contributed by atoms with Gasteiger partial charge in [-0.25, -0.2) is 4.79 Å². The van der Waals surface area contributed by atoms with Crippen molar-refractivity contribution in [2.75, 3.05) is 6.54 Å². The summed E-state index contributed by atoms with van der Waals surface area (Å²) in [6.45, 7) is 0.296. The molecule has 3 rings (SSSR count). The topological polar surface area (TPSA) is 102 Å². The fourth-order valence-corrected chi connectivity index (χ4v) is 2.53. The average Bonchev–Trinajstić information content (AvgIpc) is 2.36. The molecule has 0 radical (unpaired) electrons. The number of fused-ring (bicyclic) bond motifs is 2. The van der Waals surface area contributed by atoms with Crippen LogP contribution in [0.1, 0.15) is 32.1 Å². The van der Waals surface area contributed by atoms with Gasteiger partial charge in [0, 0.05) is 13.0 Å². The summed E-state index contributed by atoms with van der Waals surface area (Å²) in [5.41, 5.74) is -2.21. The van der Waals surface area contributed by atoms with Crippen LogP contribution in [0.5, 0.6) is 0 Å². The van der Waals surface area contributed by atoms with Crippen molar-refractivity contribution in [2.45, 2.75) is 43.6 Å². The summed E-state index contributed by atoms with van der Waals surface area (Å²) >= 11 is 0. The largest absolute Gasteiger partial charge is 0.406 e. The number of hydrogen-bond donors (Lipinski definition) is 1. The SMILES string of the molecule is O=C1CC2(O)CC(=O)OC3(CCCCN3O1)OC2=O. The summed E-state index contributed by atoms with van der Waals surface area (Å²) in [5.74, 6) is -4.34. The van der Waals surface area contributed by atoms with Crippen molar-refractivity contribution in [3.05, 3.63) is 0 Å². The van der Waals surface area contributed by atoms with E-state index < -0.39 is 42.3 Å². The molecule has 19 heavy (non-hydrogen) atoms. The first-order chi connectivity index (χ1) is 8.93. The number of piperidine rings is 1. The first-order valence-electron chi connectivity index (χ1n) is 6.10. The number of carbonyl (C=O) groups is 3. The molecule has 0 saturated carbocycles. The van der Waals surface area contributed by atoms with Crippen molar-refractivity contribution in [3.8, 4) is 0 Å². The molecule has 3 saturated heterocycles. The van der Waals surface area contributed by atoms with Gasteiger partial charge in [0.15, 0.2) is 5.60 Å². The fourth-order valence-electron chi connectivity index (χ4n) is 2.53. The van der Waals surface area contributed by atoms with Crippen LogP contribution in [0.2, 0.25) is 0 Å². The van der Waals surface area contributed by atoms with Crippen molar-refractivity contribution >= 4 is 17.9 Å². The van der Waals surface area contributed by atoms with Gasteiger partial charge in [-0.2, -0.15) is 0 Å². The van der Waals surface area contributed by atoms with E-state index in [0.29, 0.717) is 19.4 Å². The third-order valence-corrected chi connectivity index (χ3v) is 3.47. The lowest BCUT2D eigenvalue weighted by Gasteiger charge is -2.42. The smallest absolute Gasteiger partial charge is 0.351 e. The van der Waals surface area contributed by atoms with Gasteiger partial charge in [0.2, 0.25) is 0 Å². The zero-order valence-electron chi connectivity index (χ0n) is 10.1. The van der Waals surface area contributed by atoms with Gasteiger partial charge < -0.3 is 19.4 Å². The van der Waals surface area contributed by atoms with Crippen molar-refractivity contribution in [1.29, 1.82) is 0 Å². The van der Waals surface area contributed by atoms with E-state index in [0.717, 1.165) is 5.06 Å². The van der Waals surface area contributed by atoms with Gasteiger partial charge in [-0.1, -0.05) is 5.06 Å². The van der Waals surface area contributed by atoms with Crippen LogP contribution in [0.4, 0.5) is 0 Å². The molecule has 1 spiro atoms. The van der Waals surface area contributed by atoms with Crippen LogP contribution in [0.25, 0.3) is 0 Å². The lowest BCUT2D eigenvalue weighted by Crippen LogP contribution is -2.59. The van der Waals surface area contributed by atoms with E-state index in [1.54, 1.807) is 0 Å². The highest BCUT2D eigenvalue weighted by molar-refractivity contribution is 5.91. The quantitative estimate of drug-likeness (QED) is 0.572. The van der Waals surface area contributed by atoms with Gasteiger partial charge in [0.25, 0.3) is 0 Å². The number of hydrogen-bond acceptors (Lipinski definition) is 8. The highest BCUT2D eigenvalue weighted by Gasteiger charge is 2.59. The van der Waals surface area contributed by atoms with E-state index in [-0.39, 0.29) is 6.42 Å². The van der Waals surface area contributed by atoms with Crippen molar-refractivity contribution in [3.63, 3.8) is 0 Å². The molecule has 2 atom stereocenters. The third kappa shape index (κ3) is 1.87. The van der Waals surface area contributed by atoms with E-state index in [9.17, 15) is 19.5 Å². The lowest BCUT2D eigenvalue weighted by atomic mass is 9.96. The summed E-state index contributed by atoms with van der Waals surface area (Å²) in [6.07, 6.45) is 0.319. The Morgan fingerprint density at radius 2 is 1.79 bits per heavy atom. The van der Waals surface area contributed by atoms with Crippen LogP contribution < -0.4 is 0 Å². The van der Waals surface area contributed by atoms with Crippen molar-refractivity contribution in [1.82, 2.24) is 5.06 Å². The van der Waals surface area contributed by atoms with Gasteiger partial charge in [0.1, 0.15) is 0 Å². The Morgan fingerprint density at radius 1 is 1.05 bits per heavy atom. The lowest BCUT2D eigenvalue weighted by molar-refractivity contribution is -0.380. The maximum Gasteiger partial charge on any atom is 0.351 e. The van der Waals surface area contributed by atoms with Crippen LogP contribution in [-0.2, 0) is 28.7 Å². The molecule has 1 N–H and O–H groups in total. The molecule has 3 fully saturated rings. The number of nitrogens with zero attached hydrogens (tertiary/aromatic N) is 1.